The molecule has 2 aliphatic rings. The lowest BCUT2D eigenvalue weighted by atomic mass is 10.00. The first kappa shape index (κ1) is 17.1. The maximum Gasteiger partial charge on any atom is 0.138 e. The van der Waals surface area contributed by atoms with Crippen LogP contribution in [0.2, 0.25) is 0 Å². The van der Waals surface area contributed by atoms with Crippen LogP contribution < -0.4 is 16.0 Å². The quantitative estimate of drug-likeness (QED) is 0.639. The molecular formula is C21H23FN6. The molecule has 0 radical (unpaired) electrons. The molecule has 1 aromatic heterocycles. The molecule has 0 bridgehead atoms. The van der Waals surface area contributed by atoms with Crippen molar-refractivity contribution in [2.45, 2.75) is 0 Å². The summed E-state index contributed by atoms with van der Waals surface area (Å²) in [5.74, 6) is 0.359. The molecule has 6 nitrogen and oxygen atoms in total. The number of hydrogen-bond acceptors (Lipinski definition) is 5. The zero-order valence-electron chi connectivity index (χ0n) is 15.8. The topological polar surface area (TPSA) is 73.2 Å². The van der Waals surface area contributed by atoms with Crippen LogP contribution in [0.4, 0.5) is 15.8 Å². The van der Waals surface area contributed by atoms with E-state index in [2.05, 4.69) is 39.3 Å². The second-order valence-corrected chi connectivity index (χ2v) is 7.49. The van der Waals surface area contributed by atoms with E-state index in [4.69, 9.17) is 10.7 Å². The van der Waals surface area contributed by atoms with Crippen molar-refractivity contribution < 1.29 is 4.39 Å². The van der Waals surface area contributed by atoms with Gasteiger partial charge < -0.3 is 25.8 Å². The monoisotopic (exact) mass is 378 g/mol. The number of imidazole rings is 1. The molecule has 2 aliphatic heterocycles. The minimum atomic E-state index is -0.326. The van der Waals surface area contributed by atoms with Gasteiger partial charge in [0.05, 0.1) is 22.3 Å². The largest absolute Gasteiger partial charge is 0.398 e. The van der Waals surface area contributed by atoms with Crippen molar-refractivity contribution in [1.82, 2.24) is 14.9 Å². The first-order valence-electron chi connectivity index (χ1n) is 9.55. The van der Waals surface area contributed by atoms with Gasteiger partial charge in [0.25, 0.3) is 0 Å². The summed E-state index contributed by atoms with van der Waals surface area (Å²) in [5.41, 5.74) is 11.7. The Kier molecular flexibility index (Phi) is 3.98. The predicted octanol–water partition coefficient (Wildman–Crippen LogP) is 2.71. The van der Waals surface area contributed by atoms with Gasteiger partial charge in [0.2, 0.25) is 0 Å². The standard InChI is InChI=1S/C21H23FN6/c1-27-7-9-28(10-8-27)13-5-6-16-18(11-13)26-21(25-16)14-12-24-17-4-2-3-15(22)19(17)20(14)23/h2-6,11,24H,7-10,12,23H2,1H3,(H,25,26). The fourth-order valence-corrected chi connectivity index (χ4v) is 3.99. The highest BCUT2D eigenvalue weighted by molar-refractivity contribution is 5.97. The van der Waals surface area contributed by atoms with Gasteiger partial charge in [-0.15, -0.1) is 0 Å². The normalized spacial score (nSPS) is 17.7. The average Bonchev–Trinajstić information content (AvgIpc) is 3.12. The second kappa shape index (κ2) is 6.53. The number of fused-ring (bicyclic) bond motifs is 2. The first-order chi connectivity index (χ1) is 13.6. The summed E-state index contributed by atoms with van der Waals surface area (Å²) >= 11 is 0. The van der Waals surface area contributed by atoms with Gasteiger partial charge >= 0.3 is 0 Å². The van der Waals surface area contributed by atoms with E-state index in [0.29, 0.717) is 23.6 Å². The van der Waals surface area contributed by atoms with Crippen molar-refractivity contribution >= 4 is 33.7 Å². The summed E-state index contributed by atoms with van der Waals surface area (Å²) in [6.45, 7) is 4.66. The van der Waals surface area contributed by atoms with Crippen LogP contribution in [0, 0.1) is 5.82 Å². The Morgan fingerprint density at radius 1 is 1.11 bits per heavy atom. The van der Waals surface area contributed by atoms with Crippen molar-refractivity contribution in [1.29, 1.82) is 0 Å². The van der Waals surface area contributed by atoms with Gasteiger partial charge in [0.1, 0.15) is 11.6 Å². The highest BCUT2D eigenvalue weighted by Crippen LogP contribution is 2.34. The Labute approximate surface area is 162 Å². The molecule has 0 aliphatic carbocycles. The molecule has 0 spiro atoms. The second-order valence-electron chi connectivity index (χ2n) is 7.49. The number of nitrogens with zero attached hydrogens (tertiary/aromatic N) is 3. The van der Waals surface area contributed by atoms with E-state index in [1.54, 1.807) is 6.07 Å². The number of benzene rings is 2. The molecule has 1 fully saturated rings. The molecule has 7 heteroatoms. The highest BCUT2D eigenvalue weighted by atomic mass is 19.1. The molecule has 28 heavy (non-hydrogen) atoms. The summed E-state index contributed by atoms with van der Waals surface area (Å²) in [6, 6.07) is 11.2. The number of aromatic nitrogens is 2. The molecule has 144 valence electrons. The Balaban J connectivity index is 1.52. The SMILES string of the molecule is CN1CCN(c2ccc3nc(C4=C(N)c5c(F)cccc5NC4)[nH]c3c2)CC1. The minimum Gasteiger partial charge on any atom is -0.398 e. The number of nitrogens with one attached hydrogen (secondary N) is 2. The van der Waals surface area contributed by atoms with Crippen molar-refractivity contribution in [2.24, 2.45) is 5.73 Å². The summed E-state index contributed by atoms with van der Waals surface area (Å²) in [7, 11) is 2.15. The van der Waals surface area contributed by atoms with Gasteiger partial charge in [-0.25, -0.2) is 9.37 Å². The molecule has 3 heterocycles. The molecule has 3 aromatic rings. The van der Waals surface area contributed by atoms with E-state index >= 15 is 0 Å². The Morgan fingerprint density at radius 2 is 1.93 bits per heavy atom. The van der Waals surface area contributed by atoms with Crippen LogP contribution in [0.15, 0.2) is 36.4 Å². The third kappa shape index (κ3) is 2.79. The zero-order chi connectivity index (χ0) is 19.3. The number of rotatable bonds is 2. The van der Waals surface area contributed by atoms with E-state index in [-0.39, 0.29) is 5.82 Å². The van der Waals surface area contributed by atoms with Crippen LogP contribution in [-0.2, 0) is 0 Å². The molecule has 1 saturated heterocycles. The van der Waals surface area contributed by atoms with E-state index in [1.165, 1.54) is 11.8 Å². The summed E-state index contributed by atoms with van der Waals surface area (Å²) in [6.07, 6.45) is 0. The zero-order valence-corrected chi connectivity index (χ0v) is 15.8. The van der Waals surface area contributed by atoms with E-state index in [9.17, 15) is 4.39 Å². The van der Waals surface area contributed by atoms with Crippen LogP contribution in [0.3, 0.4) is 0 Å². The van der Waals surface area contributed by atoms with Crippen LogP contribution in [-0.4, -0.2) is 54.6 Å². The van der Waals surface area contributed by atoms with Crippen molar-refractivity contribution in [3.05, 3.63) is 53.6 Å². The summed E-state index contributed by atoms with van der Waals surface area (Å²) in [4.78, 5) is 12.8. The Morgan fingerprint density at radius 3 is 2.75 bits per heavy atom. The number of aromatic amines is 1. The molecule has 0 unspecified atom stereocenters. The maximum absolute atomic E-state index is 14.3. The maximum atomic E-state index is 14.3. The average molecular weight is 378 g/mol. The predicted molar refractivity (Wildman–Crippen MR) is 112 cm³/mol. The summed E-state index contributed by atoms with van der Waals surface area (Å²) in [5, 5.41) is 3.24. The Bertz CT molecular complexity index is 1080. The van der Waals surface area contributed by atoms with Gasteiger partial charge in [-0.1, -0.05) is 6.07 Å². The number of piperazine rings is 1. The minimum absolute atomic E-state index is 0.326. The molecule has 2 aromatic carbocycles. The van der Waals surface area contributed by atoms with Gasteiger partial charge in [-0.2, -0.15) is 0 Å². The van der Waals surface area contributed by atoms with Crippen LogP contribution >= 0.6 is 0 Å². The molecule has 0 amide bonds. The fourth-order valence-electron chi connectivity index (χ4n) is 3.99. The van der Waals surface area contributed by atoms with Crippen molar-refractivity contribution in [3.8, 4) is 0 Å². The number of likely N-dealkylation sites (N-methyl/N-ethyl adjacent to an activating group) is 1. The molecule has 4 N–H and O–H groups in total. The molecule has 0 saturated carbocycles. The number of anilines is 2. The first-order valence-corrected chi connectivity index (χ1v) is 9.55. The van der Waals surface area contributed by atoms with Gasteiger partial charge in [-0.3, -0.25) is 0 Å². The fraction of sp³-hybridized carbons (Fsp3) is 0.286. The van der Waals surface area contributed by atoms with Crippen molar-refractivity contribution in [2.75, 3.05) is 50.0 Å². The number of H-pyrrole nitrogens is 1. The van der Waals surface area contributed by atoms with E-state index in [1.807, 2.05) is 12.1 Å². The summed E-state index contributed by atoms with van der Waals surface area (Å²) < 4.78 is 14.3. The number of nitrogens with two attached hydrogens (primary N) is 1. The van der Waals surface area contributed by atoms with E-state index < -0.39 is 0 Å². The van der Waals surface area contributed by atoms with Gasteiger partial charge in [-0.05, 0) is 37.4 Å². The third-order valence-electron chi connectivity index (χ3n) is 5.68. The van der Waals surface area contributed by atoms with Crippen LogP contribution in [0.25, 0.3) is 22.3 Å². The number of hydrogen-bond donors (Lipinski definition) is 3. The van der Waals surface area contributed by atoms with Crippen LogP contribution in [0.1, 0.15) is 11.4 Å². The Hall–Kier alpha value is -3.06. The van der Waals surface area contributed by atoms with Gasteiger partial charge in [0, 0.05) is 49.7 Å². The lowest BCUT2D eigenvalue weighted by Gasteiger charge is -2.34. The van der Waals surface area contributed by atoms with Gasteiger partial charge in [0.15, 0.2) is 0 Å². The molecular weight excluding hydrogens is 355 g/mol. The highest BCUT2D eigenvalue weighted by Gasteiger charge is 2.23. The molecule has 5 rings (SSSR count). The van der Waals surface area contributed by atoms with E-state index in [0.717, 1.165) is 48.5 Å². The van der Waals surface area contributed by atoms with Crippen molar-refractivity contribution in [3.63, 3.8) is 0 Å². The lowest BCUT2D eigenvalue weighted by molar-refractivity contribution is 0.313. The molecule has 0 atom stereocenters. The van der Waals surface area contributed by atoms with Crippen LogP contribution in [0.5, 0.6) is 0 Å². The number of halogens is 1. The lowest BCUT2D eigenvalue weighted by Crippen LogP contribution is -2.44. The third-order valence-corrected chi connectivity index (χ3v) is 5.68. The smallest absolute Gasteiger partial charge is 0.138 e.